The summed E-state index contributed by atoms with van der Waals surface area (Å²) in [4.78, 5) is 15.4. The molecule has 0 aliphatic rings. The third kappa shape index (κ3) is 7.09. The van der Waals surface area contributed by atoms with Crippen LogP contribution in [-0.2, 0) is 19.5 Å². The van der Waals surface area contributed by atoms with Gasteiger partial charge in [0.2, 0.25) is 0 Å². The first-order chi connectivity index (χ1) is 15.6. The van der Waals surface area contributed by atoms with Crippen LogP contribution in [0.1, 0.15) is 73.1 Å². The van der Waals surface area contributed by atoms with Crippen LogP contribution in [0, 0.1) is 0 Å². The summed E-state index contributed by atoms with van der Waals surface area (Å²) in [6.45, 7) is 6.60. The maximum absolute atomic E-state index is 13.4. The van der Waals surface area contributed by atoms with Crippen LogP contribution in [0.5, 0.6) is 0 Å². The summed E-state index contributed by atoms with van der Waals surface area (Å²) in [5.41, 5.74) is 4.51. The second-order valence-corrected chi connectivity index (χ2v) is 9.40. The van der Waals surface area contributed by atoms with Gasteiger partial charge in [0.1, 0.15) is 0 Å². The maximum Gasteiger partial charge on any atom is 0.254 e. The molecule has 3 rings (SSSR count). The van der Waals surface area contributed by atoms with E-state index < -0.39 is 0 Å². The largest absolute Gasteiger partial charge is 0.345 e. The SMILES string of the molecule is CCCCCc1ccc(C(=O)N(CCCC)Cc2cccn2Cc2ccc(Br)cc2)cc1. The Balaban J connectivity index is 1.71. The number of aryl methyl sites for hydroxylation is 1. The number of nitrogens with zero attached hydrogens (tertiary/aromatic N) is 2. The van der Waals surface area contributed by atoms with Crippen molar-refractivity contribution in [1.29, 1.82) is 0 Å². The third-order valence-corrected chi connectivity index (χ3v) is 6.41. The minimum Gasteiger partial charge on any atom is -0.345 e. The fourth-order valence-electron chi connectivity index (χ4n) is 3.91. The molecular formula is C28H35BrN2O. The van der Waals surface area contributed by atoms with Gasteiger partial charge in [0.15, 0.2) is 0 Å². The highest BCUT2D eigenvalue weighted by molar-refractivity contribution is 9.10. The van der Waals surface area contributed by atoms with E-state index >= 15 is 0 Å². The first kappa shape index (κ1) is 24.3. The topological polar surface area (TPSA) is 25.2 Å². The highest BCUT2D eigenvalue weighted by Gasteiger charge is 2.17. The van der Waals surface area contributed by atoms with Crippen LogP contribution >= 0.6 is 15.9 Å². The molecular weight excluding hydrogens is 460 g/mol. The van der Waals surface area contributed by atoms with Crippen LogP contribution in [0.25, 0.3) is 0 Å². The van der Waals surface area contributed by atoms with E-state index in [0.29, 0.717) is 6.54 Å². The van der Waals surface area contributed by atoms with Crippen LogP contribution in [0.4, 0.5) is 0 Å². The number of halogens is 1. The molecule has 0 radical (unpaired) electrons. The molecule has 3 aromatic rings. The quantitative estimate of drug-likeness (QED) is 0.239. The van der Waals surface area contributed by atoms with Gasteiger partial charge in [-0.3, -0.25) is 4.79 Å². The average Bonchev–Trinajstić information content (AvgIpc) is 3.24. The molecule has 0 saturated carbocycles. The Morgan fingerprint density at radius 1 is 0.875 bits per heavy atom. The van der Waals surface area contributed by atoms with E-state index in [1.807, 2.05) is 17.0 Å². The zero-order valence-corrected chi connectivity index (χ0v) is 21.0. The number of hydrogen-bond donors (Lipinski definition) is 0. The van der Waals surface area contributed by atoms with E-state index in [-0.39, 0.29) is 5.91 Å². The molecule has 0 saturated heterocycles. The van der Waals surface area contributed by atoms with Gasteiger partial charge < -0.3 is 9.47 Å². The average molecular weight is 496 g/mol. The molecule has 170 valence electrons. The van der Waals surface area contributed by atoms with Gasteiger partial charge in [-0.05, 0) is 66.8 Å². The molecule has 0 aliphatic carbocycles. The van der Waals surface area contributed by atoms with E-state index in [2.05, 4.69) is 89.1 Å². The summed E-state index contributed by atoms with van der Waals surface area (Å²) in [6.07, 6.45) is 8.96. The van der Waals surface area contributed by atoms with Gasteiger partial charge in [-0.1, -0.05) is 73.3 Å². The number of hydrogen-bond acceptors (Lipinski definition) is 1. The second kappa shape index (κ2) is 12.6. The van der Waals surface area contributed by atoms with Crippen molar-refractivity contribution in [1.82, 2.24) is 9.47 Å². The van der Waals surface area contributed by atoms with Crippen LogP contribution < -0.4 is 0 Å². The fraction of sp³-hybridized carbons (Fsp3) is 0.393. The standard InChI is InChI=1S/C28H35BrN2O/c1-3-5-7-9-23-11-15-25(16-12-23)28(32)31(19-6-4-2)22-27-10-8-20-30(27)21-24-13-17-26(29)18-14-24/h8,10-18,20H,3-7,9,19,21-22H2,1-2H3. The van der Waals surface area contributed by atoms with Crippen LogP contribution in [-0.4, -0.2) is 21.9 Å². The van der Waals surface area contributed by atoms with Crippen molar-refractivity contribution in [2.75, 3.05) is 6.54 Å². The van der Waals surface area contributed by atoms with Crippen molar-refractivity contribution in [2.45, 2.75) is 65.5 Å². The molecule has 1 amide bonds. The zero-order chi connectivity index (χ0) is 22.8. The molecule has 0 atom stereocenters. The van der Waals surface area contributed by atoms with Gasteiger partial charge in [-0.15, -0.1) is 0 Å². The second-order valence-electron chi connectivity index (χ2n) is 8.49. The summed E-state index contributed by atoms with van der Waals surface area (Å²) < 4.78 is 3.33. The van der Waals surface area contributed by atoms with Crippen molar-refractivity contribution in [3.05, 3.63) is 93.7 Å². The number of aromatic nitrogens is 1. The van der Waals surface area contributed by atoms with Gasteiger partial charge in [-0.25, -0.2) is 0 Å². The third-order valence-electron chi connectivity index (χ3n) is 5.88. The Morgan fingerprint density at radius 2 is 1.56 bits per heavy atom. The highest BCUT2D eigenvalue weighted by atomic mass is 79.9. The number of rotatable bonds is 12. The van der Waals surface area contributed by atoms with Gasteiger partial charge in [0, 0.05) is 35.0 Å². The summed E-state index contributed by atoms with van der Waals surface area (Å²) in [7, 11) is 0. The van der Waals surface area contributed by atoms with Crippen molar-refractivity contribution >= 4 is 21.8 Å². The van der Waals surface area contributed by atoms with Crippen LogP contribution in [0.2, 0.25) is 0 Å². The van der Waals surface area contributed by atoms with Crippen molar-refractivity contribution in [3.63, 3.8) is 0 Å². The van der Waals surface area contributed by atoms with Gasteiger partial charge in [0.05, 0.1) is 6.54 Å². The van der Waals surface area contributed by atoms with Crippen LogP contribution in [0.15, 0.2) is 71.3 Å². The predicted molar refractivity (Wildman–Crippen MR) is 137 cm³/mol. The number of carbonyl (C=O) groups is 1. The number of amides is 1. The van der Waals surface area contributed by atoms with Crippen molar-refractivity contribution in [3.8, 4) is 0 Å². The Kier molecular flexibility index (Phi) is 9.61. The number of benzene rings is 2. The molecule has 32 heavy (non-hydrogen) atoms. The van der Waals surface area contributed by atoms with Crippen LogP contribution in [0.3, 0.4) is 0 Å². The van der Waals surface area contributed by atoms with Crippen molar-refractivity contribution < 1.29 is 4.79 Å². The summed E-state index contributed by atoms with van der Waals surface area (Å²) in [5.74, 6) is 0.120. The lowest BCUT2D eigenvalue weighted by atomic mass is 10.0. The molecule has 0 spiro atoms. The summed E-state index contributed by atoms with van der Waals surface area (Å²) in [5, 5.41) is 0. The minimum absolute atomic E-state index is 0.120. The molecule has 4 heteroatoms. The first-order valence-electron chi connectivity index (χ1n) is 11.9. The smallest absolute Gasteiger partial charge is 0.254 e. The lowest BCUT2D eigenvalue weighted by molar-refractivity contribution is 0.0737. The van der Waals surface area contributed by atoms with E-state index in [9.17, 15) is 4.79 Å². The monoisotopic (exact) mass is 494 g/mol. The maximum atomic E-state index is 13.4. The molecule has 0 aliphatic heterocycles. The van der Waals surface area contributed by atoms with E-state index in [1.54, 1.807) is 0 Å². The number of carbonyl (C=O) groups excluding carboxylic acids is 1. The zero-order valence-electron chi connectivity index (χ0n) is 19.4. The fourth-order valence-corrected chi connectivity index (χ4v) is 4.17. The molecule has 3 nitrogen and oxygen atoms in total. The Bertz CT molecular complexity index is 960. The normalized spacial score (nSPS) is 11.0. The first-order valence-corrected chi connectivity index (χ1v) is 12.7. The molecule has 0 bridgehead atoms. The van der Waals surface area contributed by atoms with E-state index in [1.165, 1.54) is 30.4 Å². The van der Waals surface area contributed by atoms with E-state index in [4.69, 9.17) is 0 Å². The lowest BCUT2D eigenvalue weighted by Gasteiger charge is -2.24. The molecule has 1 aromatic heterocycles. The Hall–Kier alpha value is -2.33. The van der Waals surface area contributed by atoms with Gasteiger partial charge in [0.25, 0.3) is 5.91 Å². The number of unbranched alkanes of at least 4 members (excludes halogenated alkanes) is 3. The summed E-state index contributed by atoms with van der Waals surface area (Å²) in [6, 6.07) is 20.9. The molecule has 0 fully saturated rings. The van der Waals surface area contributed by atoms with Gasteiger partial charge >= 0.3 is 0 Å². The minimum atomic E-state index is 0.120. The lowest BCUT2D eigenvalue weighted by Crippen LogP contribution is -2.32. The molecule has 2 aromatic carbocycles. The predicted octanol–water partition coefficient (Wildman–Crippen LogP) is 7.47. The summed E-state index contributed by atoms with van der Waals surface area (Å²) >= 11 is 3.50. The molecule has 0 unspecified atom stereocenters. The van der Waals surface area contributed by atoms with Crippen molar-refractivity contribution in [2.24, 2.45) is 0 Å². The molecule has 0 N–H and O–H groups in total. The Morgan fingerprint density at radius 3 is 2.25 bits per heavy atom. The molecule has 1 heterocycles. The van der Waals surface area contributed by atoms with E-state index in [0.717, 1.165) is 48.1 Å². The Labute approximate surface area is 201 Å². The highest BCUT2D eigenvalue weighted by Crippen LogP contribution is 2.17. The van der Waals surface area contributed by atoms with Gasteiger partial charge in [-0.2, -0.15) is 0 Å².